The number of nitro benzene ring substituents is 1. The molecule has 0 saturated carbocycles. The Morgan fingerprint density at radius 3 is 2.58 bits per heavy atom. The quantitative estimate of drug-likeness (QED) is 0.673. The van der Waals surface area contributed by atoms with Gasteiger partial charge >= 0.3 is 0 Å². The molecule has 1 heterocycles. The molecule has 0 unspecified atom stereocenters. The fourth-order valence-electron chi connectivity index (χ4n) is 2.46. The normalized spacial score (nSPS) is 18.4. The summed E-state index contributed by atoms with van der Waals surface area (Å²) in [4.78, 5) is 12.9. The van der Waals surface area contributed by atoms with Crippen LogP contribution in [0.15, 0.2) is 18.2 Å². The molecule has 5 nitrogen and oxygen atoms in total. The number of benzene rings is 1. The molecule has 5 heteroatoms. The van der Waals surface area contributed by atoms with Crippen molar-refractivity contribution in [1.82, 2.24) is 0 Å². The van der Waals surface area contributed by atoms with Crippen molar-refractivity contribution in [3.8, 4) is 0 Å². The molecule has 1 aliphatic heterocycles. The highest BCUT2D eigenvalue weighted by Crippen LogP contribution is 2.33. The lowest BCUT2D eigenvalue weighted by Crippen LogP contribution is -2.33. The van der Waals surface area contributed by atoms with E-state index in [1.165, 1.54) is 6.07 Å². The third-order valence-electron chi connectivity index (χ3n) is 3.80. The van der Waals surface area contributed by atoms with Crippen LogP contribution in [0.2, 0.25) is 0 Å². The lowest BCUT2D eigenvalue weighted by atomic mass is 9.98. The van der Waals surface area contributed by atoms with E-state index in [1.54, 1.807) is 19.1 Å². The Morgan fingerprint density at radius 2 is 2.05 bits per heavy atom. The van der Waals surface area contributed by atoms with E-state index in [4.69, 9.17) is 0 Å². The summed E-state index contributed by atoms with van der Waals surface area (Å²) in [7, 11) is 0. The Morgan fingerprint density at radius 1 is 1.42 bits per heavy atom. The van der Waals surface area contributed by atoms with Crippen molar-refractivity contribution < 1.29 is 10.0 Å². The summed E-state index contributed by atoms with van der Waals surface area (Å²) in [5.41, 5.74) is 1.34. The molecule has 1 aromatic rings. The average Bonchev–Trinajstić information content (AvgIpc) is 2.38. The highest BCUT2D eigenvalue weighted by molar-refractivity contribution is 5.64. The predicted molar refractivity (Wildman–Crippen MR) is 74.3 cm³/mol. The van der Waals surface area contributed by atoms with Crippen LogP contribution in [-0.2, 0) is 0 Å². The van der Waals surface area contributed by atoms with Gasteiger partial charge < -0.3 is 10.0 Å². The minimum Gasteiger partial charge on any atom is -0.389 e. The molecule has 19 heavy (non-hydrogen) atoms. The molecule has 0 amide bonds. The summed E-state index contributed by atoms with van der Waals surface area (Å²) in [5.74, 6) is 0.687. The highest BCUT2D eigenvalue weighted by atomic mass is 16.6. The van der Waals surface area contributed by atoms with Gasteiger partial charge in [0.2, 0.25) is 0 Å². The number of hydrogen-bond donors (Lipinski definition) is 1. The number of nitrogens with zero attached hydrogens (tertiary/aromatic N) is 2. The SMILES string of the molecule is CC1CCN(c2ccc([C@@H](C)O)cc2[N+](=O)[O-])CC1. The summed E-state index contributed by atoms with van der Waals surface area (Å²) >= 11 is 0. The van der Waals surface area contributed by atoms with E-state index in [9.17, 15) is 15.2 Å². The number of anilines is 1. The Bertz CT molecular complexity index is 466. The van der Waals surface area contributed by atoms with Gasteiger partial charge in [-0.15, -0.1) is 0 Å². The first-order valence-corrected chi connectivity index (χ1v) is 6.70. The highest BCUT2D eigenvalue weighted by Gasteiger charge is 2.24. The first-order chi connectivity index (χ1) is 8.99. The maximum Gasteiger partial charge on any atom is 0.292 e. The molecule has 1 fully saturated rings. The van der Waals surface area contributed by atoms with Crippen LogP contribution in [0, 0.1) is 16.0 Å². The summed E-state index contributed by atoms with van der Waals surface area (Å²) < 4.78 is 0. The standard InChI is InChI=1S/C14H20N2O3/c1-10-5-7-15(8-6-10)13-4-3-12(11(2)17)9-14(13)16(18)19/h3-4,9-11,17H,5-8H2,1-2H3/t11-/m1/s1. The second kappa shape index (κ2) is 5.57. The van der Waals surface area contributed by atoms with Gasteiger partial charge in [0.15, 0.2) is 0 Å². The lowest BCUT2D eigenvalue weighted by molar-refractivity contribution is -0.384. The van der Waals surface area contributed by atoms with Crippen LogP contribution in [0.3, 0.4) is 0 Å². The van der Waals surface area contributed by atoms with E-state index in [1.807, 2.05) is 0 Å². The van der Waals surface area contributed by atoms with E-state index >= 15 is 0 Å². The number of hydrogen-bond acceptors (Lipinski definition) is 4. The topological polar surface area (TPSA) is 66.6 Å². The van der Waals surface area contributed by atoms with Crippen molar-refractivity contribution in [2.24, 2.45) is 5.92 Å². The maximum absolute atomic E-state index is 11.2. The van der Waals surface area contributed by atoms with Crippen molar-refractivity contribution in [3.63, 3.8) is 0 Å². The van der Waals surface area contributed by atoms with Crippen molar-refractivity contribution >= 4 is 11.4 Å². The molecule has 0 spiro atoms. The zero-order chi connectivity index (χ0) is 14.0. The van der Waals surface area contributed by atoms with Crippen LogP contribution < -0.4 is 4.90 Å². The van der Waals surface area contributed by atoms with Gasteiger partial charge in [0.1, 0.15) is 5.69 Å². The number of piperidine rings is 1. The summed E-state index contributed by atoms with van der Waals surface area (Å²) in [5, 5.41) is 20.7. The average molecular weight is 264 g/mol. The molecular formula is C14H20N2O3. The van der Waals surface area contributed by atoms with Gasteiger partial charge in [-0.25, -0.2) is 0 Å². The largest absolute Gasteiger partial charge is 0.389 e. The molecular weight excluding hydrogens is 244 g/mol. The van der Waals surface area contributed by atoms with E-state index in [0.717, 1.165) is 25.9 Å². The van der Waals surface area contributed by atoms with E-state index in [-0.39, 0.29) is 10.6 Å². The first kappa shape index (κ1) is 13.8. The van der Waals surface area contributed by atoms with Gasteiger partial charge in [0.05, 0.1) is 11.0 Å². The summed E-state index contributed by atoms with van der Waals surface area (Å²) in [6.07, 6.45) is 1.44. The van der Waals surface area contributed by atoms with Crippen LogP contribution in [0.1, 0.15) is 38.4 Å². The number of rotatable bonds is 3. The zero-order valence-corrected chi connectivity index (χ0v) is 11.4. The van der Waals surface area contributed by atoms with Crippen LogP contribution in [-0.4, -0.2) is 23.1 Å². The second-order valence-electron chi connectivity index (χ2n) is 5.35. The van der Waals surface area contributed by atoms with Gasteiger partial charge in [-0.3, -0.25) is 10.1 Å². The predicted octanol–water partition coefficient (Wildman–Crippen LogP) is 2.88. The summed E-state index contributed by atoms with van der Waals surface area (Å²) in [6.45, 7) is 5.54. The van der Waals surface area contributed by atoms with Gasteiger partial charge in [0, 0.05) is 19.2 Å². The fourth-order valence-corrected chi connectivity index (χ4v) is 2.46. The minimum atomic E-state index is -0.686. The molecule has 1 aliphatic rings. The van der Waals surface area contributed by atoms with Crippen LogP contribution in [0.5, 0.6) is 0 Å². The van der Waals surface area contributed by atoms with Crippen molar-refractivity contribution in [2.45, 2.75) is 32.8 Å². The molecule has 1 N–H and O–H groups in total. The fraction of sp³-hybridized carbons (Fsp3) is 0.571. The molecule has 1 saturated heterocycles. The zero-order valence-electron chi connectivity index (χ0n) is 11.4. The minimum absolute atomic E-state index is 0.0907. The number of nitro groups is 1. The monoisotopic (exact) mass is 264 g/mol. The Hall–Kier alpha value is -1.62. The smallest absolute Gasteiger partial charge is 0.292 e. The third kappa shape index (κ3) is 3.04. The number of aliphatic hydroxyl groups is 1. The van der Waals surface area contributed by atoms with Gasteiger partial charge in [0.25, 0.3) is 5.69 Å². The van der Waals surface area contributed by atoms with Crippen LogP contribution in [0.25, 0.3) is 0 Å². The Balaban J connectivity index is 2.31. The maximum atomic E-state index is 11.2. The molecule has 0 bridgehead atoms. The van der Waals surface area contributed by atoms with E-state index in [2.05, 4.69) is 11.8 Å². The first-order valence-electron chi connectivity index (χ1n) is 6.70. The van der Waals surface area contributed by atoms with Gasteiger partial charge in [-0.05, 0) is 37.3 Å². The van der Waals surface area contributed by atoms with Crippen molar-refractivity contribution in [2.75, 3.05) is 18.0 Å². The van der Waals surface area contributed by atoms with Crippen LogP contribution in [0.4, 0.5) is 11.4 Å². The Kier molecular flexibility index (Phi) is 4.04. The molecule has 0 radical (unpaired) electrons. The lowest BCUT2D eigenvalue weighted by Gasteiger charge is -2.31. The number of aliphatic hydroxyl groups excluding tert-OH is 1. The van der Waals surface area contributed by atoms with E-state index < -0.39 is 6.10 Å². The van der Waals surface area contributed by atoms with E-state index in [0.29, 0.717) is 17.2 Å². The molecule has 0 aromatic heterocycles. The van der Waals surface area contributed by atoms with Crippen molar-refractivity contribution in [3.05, 3.63) is 33.9 Å². The third-order valence-corrected chi connectivity index (χ3v) is 3.80. The van der Waals surface area contributed by atoms with Crippen LogP contribution >= 0.6 is 0 Å². The van der Waals surface area contributed by atoms with Gasteiger partial charge in [-0.1, -0.05) is 13.0 Å². The second-order valence-corrected chi connectivity index (χ2v) is 5.35. The van der Waals surface area contributed by atoms with Crippen molar-refractivity contribution in [1.29, 1.82) is 0 Å². The van der Waals surface area contributed by atoms with Gasteiger partial charge in [-0.2, -0.15) is 0 Å². The molecule has 0 aliphatic carbocycles. The Labute approximate surface area is 113 Å². The molecule has 104 valence electrons. The molecule has 2 rings (SSSR count). The summed E-state index contributed by atoms with van der Waals surface area (Å²) in [6, 6.07) is 5.01. The molecule has 1 atom stereocenters. The molecule has 1 aromatic carbocycles.